The summed E-state index contributed by atoms with van der Waals surface area (Å²) in [5.41, 5.74) is 8.62. The SMILES string of the molecule is NC(=O)NC1CCN(CC2c3ccccc3CCN2C(=O)Cc2ccc(Cl)c(Cl)c2)C1. The molecule has 0 spiro atoms. The first-order chi connectivity index (χ1) is 14.9. The molecule has 2 aliphatic rings. The maximum atomic E-state index is 13.3. The van der Waals surface area contributed by atoms with Crippen LogP contribution >= 0.6 is 23.2 Å². The summed E-state index contributed by atoms with van der Waals surface area (Å²) in [6, 6.07) is 13.2. The first-order valence-corrected chi connectivity index (χ1v) is 11.3. The average Bonchev–Trinajstić information content (AvgIpc) is 3.17. The number of hydrogen-bond acceptors (Lipinski definition) is 3. The predicted octanol–water partition coefficient (Wildman–Crippen LogP) is 3.40. The summed E-state index contributed by atoms with van der Waals surface area (Å²) in [7, 11) is 0. The number of nitrogens with zero attached hydrogens (tertiary/aromatic N) is 2. The van der Waals surface area contributed by atoms with Gasteiger partial charge in [0.2, 0.25) is 5.91 Å². The van der Waals surface area contributed by atoms with Crippen molar-refractivity contribution >= 4 is 35.1 Å². The molecule has 2 unspecified atom stereocenters. The molecule has 4 rings (SSSR count). The maximum absolute atomic E-state index is 13.3. The number of carbonyl (C=O) groups is 2. The number of halogens is 2. The molecule has 2 aromatic carbocycles. The first-order valence-electron chi connectivity index (χ1n) is 10.5. The summed E-state index contributed by atoms with van der Waals surface area (Å²) >= 11 is 12.2. The van der Waals surface area contributed by atoms with E-state index >= 15 is 0 Å². The van der Waals surface area contributed by atoms with Crippen molar-refractivity contribution in [1.82, 2.24) is 15.1 Å². The Hall–Kier alpha value is -2.28. The third-order valence-electron chi connectivity index (χ3n) is 6.12. The summed E-state index contributed by atoms with van der Waals surface area (Å²) in [6.45, 7) is 2.99. The van der Waals surface area contributed by atoms with Gasteiger partial charge in [-0.3, -0.25) is 9.69 Å². The molecule has 0 radical (unpaired) electrons. The molecule has 3 amide bonds. The Morgan fingerprint density at radius 3 is 2.68 bits per heavy atom. The number of fused-ring (bicyclic) bond motifs is 1. The number of nitrogens with one attached hydrogen (secondary N) is 1. The van der Waals surface area contributed by atoms with Crippen molar-refractivity contribution in [2.45, 2.75) is 31.3 Å². The Bertz CT molecular complexity index is 984. The van der Waals surface area contributed by atoms with E-state index in [1.807, 2.05) is 23.1 Å². The van der Waals surface area contributed by atoms with Gasteiger partial charge >= 0.3 is 6.03 Å². The highest BCUT2D eigenvalue weighted by Gasteiger charge is 2.34. The molecular formula is C23H26Cl2N4O2. The fourth-order valence-electron chi connectivity index (χ4n) is 4.63. The van der Waals surface area contributed by atoms with E-state index in [4.69, 9.17) is 28.9 Å². The summed E-state index contributed by atoms with van der Waals surface area (Å²) in [4.78, 5) is 28.8. The predicted molar refractivity (Wildman–Crippen MR) is 122 cm³/mol. The molecule has 164 valence electrons. The van der Waals surface area contributed by atoms with E-state index in [9.17, 15) is 9.59 Å². The van der Waals surface area contributed by atoms with Crippen LogP contribution in [0.2, 0.25) is 10.0 Å². The lowest BCUT2D eigenvalue weighted by Crippen LogP contribution is -2.46. The molecule has 31 heavy (non-hydrogen) atoms. The normalized spacial score (nSPS) is 21.0. The number of hydrogen-bond donors (Lipinski definition) is 2. The number of urea groups is 1. The molecule has 0 bridgehead atoms. The van der Waals surface area contributed by atoms with Crippen molar-refractivity contribution in [1.29, 1.82) is 0 Å². The zero-order valence-electron chi connectivity index (χ0n) is 17.2. The molecule has 2 atom stereocenters. The Morgan fingerprint density at radius 1 is 1.10 bits per heavy atom. The van der Waals surface area contributed by atoms with E-state index in [1.54, 1.807) is 12.1 Å². The summed E-state index contributed by atoms with van der Waals surface area (Å²) in [6.07, 6.45) is 1.97. The number of carbonyl (C=O) groups excluding carboxylic acids is 2. The van der Waals surface area contributed by atoms with Gasteiger partial charge in [-0.2, -0.15) is 0 Å². The van der Waals surface area contributed by atoms with Crippen LogP contribution in [0.15, 0.2) is 42.5 Å². The molecule has 3 N–H and O–H groups in total. The van der Waals surface area contributed by atoms with Crippen LogP contribution in [0.25, 0.3) is 0 Å². The minimum absolute atomic E-state index is 0.0347. The van der Waals surface area contributed by atoms with E-state index < -0.39 is 6.03 Å². The summed E-state index contributed by atoms with van der Waals surface area (Å²) < 4.78 is 0. The standard InChI is InChI=1S/C23H26Cl2N4O2/c24-19-6-5-15(11-20(19)25)12-22(30)29-10-7-16-3-1-2-4-18(16)21(29)14-28-9-8-17(13-28)27-23(26)31/h1-6,11,17,21H,7-10,12-14H2,(H3,26,27,31). The fraction of sp³-hybridized carbons (Fsp3) is 0.391. The van der Waals surface area contributed by atoms with Gasteiger partial charge in [-0.1, -0.05) is 53.5 Å². The Labute approximate surface area is 192 Å². The largest absolute Gasteiger partial charge is 0.352 e. The molecule has 2 heterocycles. The molecular weight excluding hydrogens is 435 g/mol. The molecule has 8 heteroatoms. The third kappa shape index (κ3) is 5.14. The van der Waals surface area contributed by atoms with Gasteiger partial charge in [0, 0.05) is 32.2 Å². The Morgan fingerprint density at radius 2 is 1.90 bits per heavy atom. The second kappa shape index (κ2) is 9.47. The van der Waals surface area contributed by atoms with Gasteiger partial charge < -0.3 is 16.0 Å². The van der Waals surface area contributed by atoms with E-state index in [0.29, 0.717) is 16.6 Å². The average molecular weight is 461 g/mol. The highest BCUT2D eigenvalue weighted by Crippen LogP contribution is 2.32. The van der Waals surface area contributed by atoms with E-state index in [1.165, 1.54) is 11.1 Å². The van der Waals surface area contributed by atoms with Crippen molar-refractivity contribution < 1.29 is 9.59 Å². The molecule has 0 saturated carbocycles. The lowest BCUT2D eigenvalue weighted by atomic mass is 9.91. The Kier molecular flexibility index (Phi) is 6.70. The van der Waals surface area contributed by atoms with E-state index in [0.717, 1.165) is 38.0 Å². The van der Waals surface area contributed by atoms with Crippen LogP contribution in [0.1, 0.15) is 29.2 Å². The zero-order chi connectivity index (χ0) is 22.0. The highest BCUT2D eigenvalue weighted by atomic mass is 35.5. The Balaban J connectivity index is 1.52. The van der Waals surface area contributed by atoms with Crippen LogP contribution in [-0.2, 0) is 17.6 Å². The minimum Gasteiger partial charge on any atom is -0.352 e. The molecule has 1 fully saturated rings. The lowest BCUT2D eigenvalue weighted by molar-refractivity contribution is -0.133. The highest BCUT2D eigenvalue weighted by molar-refractivity contribution is 6.42. The molecule has 0 aromatic heterocycles. The molecule has 2 aliphatic heterocycles. The number of benzene rings is 2. The maximum Gasteiger partial charge on any atom is 0.312 e. The van der Waals surface area contributed by atoms with Crippen LogP contribution in [0, 0.1) is 0 Å². The number of amides is 3. The lowest BCUT2D eigenvalue weighted by Gasteiger charge is -2.39. The summed E-state index contributed by atoms with van der Waals surface area (Å²) in [5.74, 6) is 0.0731. The van der Waals surface area contributed by atoms with Crippen molar-refractivity contribution in [2.24, 2.45) is 5.73 Å². The number of nitrogens with two attached hydrogens (primary N) is 1. The van der Waals surface area contributed by atoms with Gasteiger partial charge in [-0.05, 0) is 41.7 Å². The van der Waals surface area contributed by atoms with Crippen LogP contribution < -0.4 is 11.1 Å². The quantitative estimate of drug-likeness (QED) is 0.717. The van der Waals surface area contributed by atoms with Crippen LogP contribution in [0.4, 0.5) is 4.79 Å². The monoisotopic (exact) mass is 460 g/mol. The second-order valence-corrected chi connectivity index (χ2v) is 9.05. The first kappa shape index (κ1) is 21.9. The van der Waals surface area contributed by atoms with Gasteiger partial charge in [0.15, 0.2) is 0 Å². The molecule has 0 aliphatic carbocycles. The molecule has 2 aromatic rings. The fourth-order valence-corrected chi connectivity index (χ4v) is 4.96. The van der Waals surface area contributed by atoms with Gasteiger partial charge in [0.25, 0.3) is 0 Å². The second-order valence-electron chi connectivity index (χ2n) is 8.23. The zero-order valence-corrected chi connectivity index (χ0v) is 18.7. The number of likely N-dealkylation sites (tertiary alicyclic amines) is 1. The van der Waals surface area contributed by atoms with E-state index in [2.05, 4.69) is 22.3 Å². The van der Waals surface area contributed by atoms with Crippen LogP contribution in [0.5, 0.6) is 0 Å². The van der Waals surface area contributed by atoms with Gasteiger partial charge in [-0.15, -0.1) is 0 Å². The van der Waals surface area contributed by atoms with Gasteiger partial charge in [-0.25, -0.2) is 4.79 Å². The molecule has 6 nitrogen and oxygen atoms in total. The van der Waals surface area contributed by atoms with Crippen LogP contribution in [-0.4, -0.2) is 54.0 Å². The smallest absolute Gasteiger partial charge is 0.312 e. The van der Waals surface area contributed by atoms with Crippen molar-refractivity contribution in [3.63, 3.8) is 0 Å². The van der Waals surface area contributed by atoms with Crippen molar-refractivity contribution in [3.05, 3.63) is 69.2 Å². The van der Waals surface area contributed by atoms with Crippen LogP contribution in [0.3, 0.4) is 0 Å². The van der Waals surface area contributed by atoms with Gasteiger partial charge in [0.1, 0.15) is 0 Å². The number of primary amides is 1. The van der Waals surface area contributed by atoms with Crippen molar-refractivity contribution in [3.8, 4) is 0 Å². The van der Waals surface area contributed by atoms with E-state index in [-0.39, 0.29) is 24.4 Å². The van der Waals surface area contributed by atoms with Gasteiger partial charge in [0.05, 0.1) is 22.5 Å². The van der Waals surface area contributed by atoms with Crippen molar-refractivity contribution in [2.75, 3.05) is 26.2 Å². The topological polar surface area (TPSA) is 78.7 Å². The number of rotatable bonds is 5. The minimum atomic E-state index is -0.492. The summed E-state index contributed by atoms with van der Waals surface area (Å²) in [5, 5.41) is 3.74. The third-order valence-corrected chi connectivity index (χ3v) is 6.86. The molecule has 1 saturated heterocycles.